The van der Waals surface area contributed by atoms with Gasteiger partial charge in [-0.05, 0) is 32.1 Å². The molecule has 0 unspecified atom stereocenters. The first kappa shape index (κ1) is 21.2. The van der Waals surface area contributed by atoms with Crippen molar-refractivity contribution in [1.29, 1.82) is 0 Å². The summed E-state index contributed by atoms with van der Waals surface area (Å²) in [6.45, 7) is 4.32. The Hall–Kier alpha value is -0.810. The minimum Gasteiger partial charge on any atom is -0.346 e. The van der Waals surface area contributed by atoms with E-state index < -0.39 is 5.54 Å². The van der Waals surface area contributed by atoms with Crippen LogP contribution in [-0.4, -0.2) is 53.8 Å². The van der Waals surface area contributed by atoms with E-state index in [2.05, 4.69) is 6.92 Å². The zero-order chi connectivity index (χ0) is 16.9. The predicted molar refractivity (Wildman–Crippen MR) is 99.1 cm³/mol. The standard InChI is InChI=1S/C18H33N3O2.ClH/c1-3-4-12-20(2)16(22)15-8-13-21(14-9-15)17(23)18(19)10-6-5-7-11-18;/h15H,3-14,19H2,1-2H3;1H. The summed E-state index contributed by atoms with van der Waals surface area (Å²) in [5.74, 6) is 0.425. The number of likely N-dealkylation sites (tertiary alicyclic amines) is 1. The van der Waals surface area contributed by atoms with Gasteiger partial charge in [-0.3, -0.25) is 9.59 Å². The molecule has 0 aromatic rings. The number of hydrogen-bond donors (Lipinski definition) is 1. The minimum absolute atomic E-state index is 0. The van der Waals surface area contributed by atoms with Crippen molar-refractivity contribution >= 4 is 24.2 Å². The summed E-state index contributed by atoms with van der Waals surface area (Å²) in [5, 5.41) is 0. The quantitative estimate of drug-likeness (QED) is 0.820. The second kappa shape index (κ2) is 9.62. The number of rotatable bonds is 5. The van der Waals surface area contributed by atoms with Crippen LogP contribution in [0.5, 0.6) is 0 Å². The zero-order valence-electron chi connectivity index (χ0n) is 15.3. The fourth-order valence-electron chi connectivity index (χ4n) is 3.86. The first-order valence-corrected chi connectivity index (χ1v) is 9.31. The SMILES string of the molecule is CCCCN(C)C(=O)C1CCN(C(=O)C2(N)CCCCC2)CC1.Cl. The van der Waals surface area contributed by atoms with Crippen molar-refractivity contribution in [2.24, 2.45) is 11.7 Å². The monoisotopic (exact) mass is 359 g/mol. The molecule has 140 valence electrons. The molecule has 1 heterocycles. The lowest BCUT2D eigenvalue weighted by molar-refractivity contribution is -0.143. The molecule has 1 saturated heterocycles. The van der Waals surface area contributed by atoms with E-state index in [4.69, 9.17) is 5.73 Å². The second-order valence-electron chi connectivity index (χ2n) is 7.40. The molecule has 0 atom stereocenters. The van der Waals surface area contributed by atoms with Gasteiger partial charge in [0.05, 0.1) is 5.54 Å². The number of nitrogens with two attached hydrogens (primary N) is 1. The van der Waals surface area contributed by atoms with Crippen LogP contribution in [0.15, 0.2) is 0 Å². The highest BCUT2D eigenvalue weighted by Crippen LogP contribution is 2.29. The van der Waals surface area contributed by atoms with E-state index in [-0.39, 0.29) is 30.1 Å². The van der Waals surface area contributed by atoms with Crippen molar-refractivity contribution in [2.75, 3.05) is 26.7 Å². The van der Waals surface area contributed by atoms with Crippen LogP contribution in [0, 0.1) is 5.92 Å². The normalized spacial score (nSPS) is 21.0. The number of piperidine rings is 1. The molecule has 2 rings (SSSR count). The van der Waals surface area contributed by atoms with Gasteiger partial charge in [0.2, 0.25) is 11.8 Å². The molecule has 1 aliphatic carbocycles. The van der Waals surface area contributed by atoms with Crippen LogP contribution >= 0.6 is 12.4 Å². The van der Waals surface area contributed by atoms with Gasteiger partial charge in [0, 0.05) is 32.6 Å². The molecule has 6 heteroatoms. The van der Waals surface area contributed by atoms with Gasteiger partial charge < -0.3 is 15.5 Å². The lowest BCUT2D eigenvalue weighted by Gasteiger charge is -2.40. The van der Waals surface area contributed by atoms with Crippen molar-refractivity contribution in [1.82, 2.24) is 9.80 Å². The molecule has 0 radical (unpaired) electrons. The first-order valence-electron chi connectivity index (χ1n) is 9.31. The van der Waals surface area contributed by atoms with Crippen molar-refractivity contribution in [3.8, 4) is 0 Å². The van der Waals surface area contributed by atoms with E-state index in [1.807, 2.05) is 16.8 Å². The average Bonchev–Trinajstić information content (AvgIpc) is 2.59. The molecule has 2 fully saturated rings. The first-order chi connectivity index (χ1) is 11.0. The molecule has 0 spiro atoms. The fraction of sp³-hybridized carbons (Fsp3) is 0.889. The van der Waals surface area contributed by atoms with Crippen LogP contribution in [0.25, 0.3) is 0 Å². The van der Waals surface area contributed by atoms with Gasteiger partial charge in [-0.25, -0.2) is 0 Å². The highest BCUT2D eigenvalue weighted by molar-refractivity contribution is 5.87. The summed E-state index contributed by atoms with van der Waals surface area (Å²) in [4.78, 5) is 28.9. The third kappa shape index (κ3) is 5.09. The summed E-state index contributed by atoms with van der Waals surface area (Å²) in [7, 11) is 1.90. The van der Waals surface area contributed by atoms with Crippen molar-refractivity contribution in [3.05, 3.63) is 0 Å². The Morgan fingerprint density at radius 1 is 1.17 bits per heavy atom. The van der Waals surface area contributed by atoms with E-state index in [1.165, 1.54) is 6.42 Å². The number of carbonyl (C=O) groups is 2. The van der Waals surface area contributed by atoms with Gasteiger partial charge in [0.1, 0.15) is 0 Å². The average molecular weight is 360 g/mol. The van der Waals surface area contributed by atoms with E-state index in [0.717, 1.165) is 57.9 Å². The summed E-state index contributed by atoms with van der Waals surface area (Å²) >= 11 is 0. The second-order valence-corrected chi connectivity index (χ2v) is 7.40. The van der Waals surface area contributed by atoms with E-state index in [9.17, 15) is 9.59 Å². The topological polar surface area (TPSA) is 66.6 Å². The molecule has 0 aromatic carbocycles. The summed E-state index contributed by atoms with van der Waals surface area (Å²) in [5.41, 5.74) is 5.72. The lowest BCUT2D eigenvalue weighted by Crippen LogP contribution is -2.58. The third-order valence-electron chi connectivity index (χ3n) is 5.53. The van der Waals surface area contributed by atoms with Crippen LogP contribution in [0.2, 0.25) is 0 Å². The Labute approximate surface area is 152 Å². The van der Waals surface area contributed by atoms with Crippen molar-refractivity contribution in [3.63, 3.8) is 0 Å². The van der Waals surface area contributed by atoms with E-state index in [1.54, 1.807) is 0 Å². The number of halogens is 1. The Kier molecular flexibility index (Phi) is 8.51. The summed E-state index contributed by atoms with van der Waals surface area (Å²) in [6, 6.07) is 0. The molecule has 2 N–H and O–H groups in total. The highest BCUT2D eigenvalue weighted by Gasteiger charge is 2.40. The predicted octanol–water partition coefficient (Wildman–Crippen LogP) is 2.57. The van der Waals surface area contributed by atoms with Crippen LogP contribution in [0.1, 0.15) is 64.7 Å². The maximum Gasteiger partial charge on any atom is 0.242 e. The Morgan fingerprint density at radius 3 is 2.29 bits per heavy atom. The number of amides is 2. The lowest BCUT2D eigenvalue weighted by atomic mass is 9.81. The third-order valence-corrected chi connectivity index (χ3v) is 5.53. The van der Waals surface area contributed by atoms with E-state index >= 15 is 0 Å². The molecule has 0 bridgehead atoms. The van der Waals surface area contributed by atoms with Crippen LogP contribution < -0.4 is 5.73 Å². The van der Waals surface area contributed by atoms with Gasteiger partial charge in [-0.15, -0.1) is 12.4 Å². The van der Waals surface area contributed by atoms with Gasteiger partial charge in [0.25, 0.3) is 0 Å². The smallest absolute Gasteiger partial charge is 0.242 e. The molecular weight excluding hydrogens is 326 g/mol. The minimum atomic E-state index is -0.646. The number of nitrogens with zero attached hydrogens (tertiary/aromatic N) is 2. The van der Waals surface area contributed by atoms with Crippen LogP contribution in [0.4, 0.5) is 0 Å². The maximum atomic E-state index is 12.7. The Bertz CT molecular complexity index is 416. The zero-order valence-corrected chi connectivity index (χ0v) is 16.1. The largest absolute Gasteiger partial charge is 0.346 e. The van der Waals surface area contributed by atoms with E-state index in [0.29, 0.717) is 13.1 Å². The number of hydrogen-bond acceptors (Lipinski definition) is 3. The molecule has 5 nitrogen and oxygen atoms in total. The highest BCUT2D eigenvalue weighted by atomic mass is 35.5. The summed E-state index contributed by atoms with van der Waals surface area (Å²) in [6.07, 6.45) is 8.62. The van der Waals surface area contributed by atoms with Crippen molar-refractivity contribution in [2.45, 2.75) is 70.3 Å². The molecular formula is C18H34ClN3O2. The molecule has 24 heavy (non-hydrogen) atoms. The van der Waals surface area contributed by atoms with Gasteiger partial charge in [-0.1, -0.05) is 32.6 Å². The van der Waals surface area contributed by atoms with Crippen LogP contribution in [-0.2, 0) is 9.59 Å². The molecule has 0 aromatic heterocycles. The Balaban J connectivity index is 0.00000288. The van der Waals surface area contributed by atoms with Crippen LogP contribution in [0.3, 0.4) is 0 Å². The maximum absolute atomic E-state index is 12.7. The van der Waals surface area contributed by atoms with Crippen molar-refractivity contribution < 1.29 is 9.59 Å². The molecule has 2 amide bonds. The fourth-order valence-corrected chi connectivity index (χ4v) is 3.86. The number of unbranched alkanes of at least 4 members (excludes halogenated alkanes) is 1. The van der Waals surface area contributed by atoms with Gasteiger partial charge in [0.15, 0.2) is 0 Å². The molecule has 2 aliphatic rings. The summed E-state index contributed by atoms with van der Waals surface area (Å²) < 4.78 is 0. The number of carbonyl (C=O) groups excluding carboxylic acids is 2. The molecule has 1 saturated carbocycles. The molecule has 1 aliphatic heterocycles. The van der Waals surface area contributed by atoms with Gasteiger partial charge >= 0.3 is 0 Å². The van der Waals surface area contributed by atoms with Gasteiger partial charge in [-0.2, -0.15) is 0 Å². The Morgan fingerprint density at radius 2 is 1.75 bits per heavy atom.